The molecule has 1 aromatic heterocycles. The Hall–Kier alpha value is -2.76. The van der Waals surface area contributed by atoms with Crippen molar-refractivity contribution in [1.82, 2.24) is 14.8 Å². The molecule has 4 nitrogen and oxygen atoms in total. The average Bonchev–Trinajstić information content (AvgIpc) is 3.21. The van der Waals surface area contributed by atoms with Crippen LogP contribution in [0.25, 0.3) is 22.6 Å². The minimum absolute atomic E-state index is 0.0459. The van der Waals surface area contributed by atoms with Gasteiger partial charge in [-0.2, -0.15) is 0 Å². The van der Waals surface area contributed by atoms with Crippen molar-refractivity contribution in [2.75, 3.05) is 27.2 Å². The van der Waals surface area contributed by atoms with Gasteiger partial charge in [0, 0.05) is 24.0 Å². The number of rotatable bonds is 3. The molecule has 0 bridgehead atoms. The highest BCUT2D eigenvalue weighted by Crippen LogP contribution is 2.39. The fourth-order valence-corrected chi connectivity index (χ4v) is 5.29. The first-order valence-corrected chi connectivity index (χ1v) is 11.8. The number of hydrogen-bond acceptors (Lipinski definition) is 3. The monoisotopic (exact) mass is 463 g/mol. The second kappa shape index (κ2) is 8.88. The number of benzene rings is 2. The molecule has 1 fully saturated rings. The van der Waals surface area contributed by atoms with E-state index in [1.165, 1.54) is 6.07 Å². The summed E-state index contributed by atoms with van der Waals surface area (Å²) in [6.07, 6.45) is 5.14. The van der Waals surface area contributed by atoms with Gasteiger partial charge in [-0.25, -0.2) is 9.37 Å². The fourth-order valence-electron chi connectivity index (χ4n) is 5.07. The van der Waals surface area contributed by atoms with E-state index in [1.807, 2.05) is 36.2 Å². The molecule has 1 aliphatic heterocycles. The third-order valence-corrected chi connectivity index (χ3v) is 7.36. The summed E-state index contributed by atoms with van der Waals surface area (Å²) in [7, 11) is 4.04. The molecule has 2 heterocycles. The number of amides is 1. The van der Waals surface area contributed by atoms with Crippen LogP contribution in [0.3, 0.4) is 0 Å². The van der Waals surface area contributed by atoms with Crippen molar-refractivity contribution in [3.05, 3.63) is 75.7 Å². The van der Waals surface area contributed by atoms with Gasteiger partial charge in [-0.05, 0) is 81.2 Å². The van der Waals surface area contributed by atoms with Crippen LogP contribution >= 0.6 is 11.6 Å². The van der Waals surface area contributed by atoms with Gasteiger partial charge in [-0.3, -0.25) is 4.79 Å². The zero-order chi connectivity index (χ0) is 23.1. The third-order valence-electron chi connectivity index (χ3n) is 7.03. The van der Waals surface area contributed by atoms with E-state index in [9.17, 15) is 9.18 Å². The first kappa shape index (κ1) is 22.1. The van der Waals surface area contributed by atoms with Crippen LogP contribution in [0.4, 0.5) is 4.39 Å². The quantitative estimate of drug-likeness (QED) is 0.501. The Morgan fingerprint density at radius 3 is 2.67 bits per heavy atom. The topological polar surface area (TPSA) is 36.4 Å². The Balaban J connectivity index is 1.61. The number of likely N-dealkylation sites (tertiary alicyclic amines) is 1. The van der Waals surface area contributed by atoms with Crippen molar-refractivity contribution < 1.29 is 9.18 Å². The molecule has 1 aliphatic carbocycles. The van der Waals surface area contributed by atoms with Gasteiger partial charge in [0.15, 0.2) is 0 Å². The molecule has 6 heteroatoms. The van der Waals surface area contributed by atoms with E-state index in [2.05, 4.69) is 11.9 Å². The standard InChI is InChI=1S/C27H27ClFN3O/c1-31-14-12-18(13-15-31)32(2)27(33)25-19-6-3-4-9-24(19)30-26-17(10-11-20(25)26)16-21-22(28)7-5-8-23(21)29/h3-9,16,18H,10-15H2,1-2H3/b17-16-. The number of aromatic nitrogens is 1. The Labute approximate surface area is 198 Å². The number of piperidine rings is 1. The van der Waals surface area contributed by atoms with Crippen molar-refractivity contribution >= 4 is 40.1 Å². The van der Waals surface area contributed by atoms with E-state index in [1.54, 1.807) is 18.2 Å². The lowest BCUT2D eigenvalue weighted by Crippen LogP contribution is -2.44. The molecule has 0 N–H and O–H groups in total. The van der Waals surface area contributed by atoms with E-state index >= 15 is 0 Å². The number of allylic oxidation sites excluding steroid dienone is 1. The van der Waals surface area contributed by atoms with Crippen molar-refractivity contribution in [3.63, 3.8) is 0 Å². The molecule has 5 rings (SSSR count). The number of pyridine rings is 1. The zero-order valence-electron chi connectivity index (χ0n) is 18.9. The Morgan fingerprint density at radius 1 is 1.15 bits per heavy atom. The largest absolute Gasteiger partial charge is 0.339 e. The average molecular weight is 464 g/mol. The summed E-state index contributed by atoms with van der Waals surface area (Å²) >= 11 is 6.28. The Morgan fingerprint density at radius 2 is 1.91 bits per heavy atom. The fraction of sp³-hybridized carbons (Fsp3) is 0.333. The van der Waals surface area contributed by atoms with Gasteiger partial charge in [0.05, 0.1) is 21.8 Å². The van der Waals surface area contributed by atoms with E-state index in [-0.39, 0.29) is 17.8 Å². The molecule has 0 unspecified atom stereocenters. The van der Waals surface area contributed by atoms with Crippen molar-refractivity contribution in [2.45, 2.75) is 31.7 Å². The van der Waals surface area contributed by atoms with Gasteiger partial charge in [0.25, 0.3) is 5.91 Å². The molecule has 0 atom stereocenters. The SMILES string of the molecule is CN1CCC(N(C)C(=O)c2c3c(nc4ccccc24)/C(=C\c2c(F)cccc2Cl)CC3)CC1. The summed E-state index contributed by atoms with van der Waals surface area (Å²) in [6, 6.07) is 12.7. The van der Waals surface area contributed by atoms with Gasteiger partial charge >= 0.3 is 0 Å². The predicted octanol–water partition coefficient (Wildman–Crippen LogP) is 5.68. The van der Waals surface area contributed by atoms with Gasteiger partial charge in [0.1, 0.15) is 5.82 Å². The summed E-state index contributed by atoms with van der Waals surface area (Å²) in [5.41, 5.74) is 4.54. The lowest BCUT2D eigenvalue weighted by Gasteiger charge is -2.35. The predicted molar refractivity (Wildman–Crippen MR) is 132 cm³/mol. The maximum atomic E-state index is 14.5. The van der Waals surface area contributed by atoms with Gasteiger partial charge in [0.2, 0.25) is 0 Å². The molecule has 1 amide bonds. The minimum atomic E-state index is -0.359. The van der Waals surface area contributed by atoms with Gasteiger partial charge < -0.3 is 9.80 Å². The highest BCUT2D eigenvalue weighted by molar-refractivity contribution is 6.32. The maximum Gasteiger partial charge on any atom is 0.254 e. The van der Waals surface area contributed by atoms with Gasteiger partial charge in [-0.1, -0.05) is 35.9 Å². The summed E-state index contributed by atoms with van der Waals surface area (Å²) in [4.78, 5) is 23.0. The van der Waals surface area contributed by atoms with Crippen LogP contribution in [-0.2, 0) is 6.42 Å². The smallest absolute Gasteiger partial charge is 0.254 e. The molecule has 33 heavy (non-hydrogen) atoms. The van der Waals surface area contributed by atoms with E-state index < -0.39 is 0 Å². The number of carbonyl (C=O) groups is 1. The van der Waals surface area contributed by atoms with Crippen LogP contribution < -0.4 is 0 Å². The normalized spacial score (nSPS) is 18.1. The van der Waals surface area contributed by atoms with Crippen LogP contribution in [0.15, 0.2) is 42.5 Å². The van der Waals surface area contributed by atoms with Crippen LogP contribution in [0, 0.1) is 5.82 Å². The molecule has 0 spiro atoms. The molecule has 0 radical (unpaired) electrons. The number of halogens is 2. The lowest BCUT2D eigenvalue weighted by atomic mass is 9.97. The molecule has 170 valence electrons. The molecule has 1 saturated heterocycles. The Bertz CT molecular complexity index is 1240. The first-order valence-electron chi connectivity index (χ1n) is 11.5. The van der Waals surface area contributed by atoms with E-state index in [0.717, 1.165) is 59.2 Å². The molecular formula is C27H27ClFN3O. The second-order valence-corrected chi connectivity index (χ2v) is 9.49. The summed E-state index contributed by atoms with van der Waals surface area (Å²) in [5.74, 6) is -0.313. The number of carbonyl (C=O) groups excluding carboxylic acids is 1. The Kier molecular flexibility index (Phi) is 5.94. The number of nitrogens with zero attached hydrogens (tertiary/aromatic N) is 3. The van der Waals surface area contributed by atoms with E-state index in [0.29, 0.717) is 23.4 Å². The van der Waals surface area contributed by atoms with Gasteiger partial charge in [-0.15, -0.1) is 0 Å². The third kappa shape index (κ3) is 4.04. The number of fused-ring (bicyclic) bond motifs is 2. The summed E-state index contributed by atoms with van der Waals surface area (Å²) in [5, 5.41) is 1.25. The van der Waals surface area contributed by atoms with Crippen LogP contribution in [0.2, 0.25) is 5.02 Å². The maximum absolute atomic E-state index is 14.5. The molecule has 0 saturated carbocycles. The number of hydrogen-bond donors (Lipinski definition) is 0. The highest BCUT2D eigenvalue weighted by Gasteiger charge is 2.31. The second-order valence-electron chi connectivity index (χ2n) is 9.09. The van der Waals surface area contributed by atoms with Crippen LogP contribution in [0.1, 0.15) is 46.4 Å². The van der Waals surface area contributed by atoms with Crippen molar-refractivity contribution in [1.29, 1.82) is 0 Å². The van der Waals surface area contributed by atoms with Crippen LogP contribution in [-0.4, -0.2) is 53.9 Å². The molecular weight excluding hydrogens is 437 g/mol. The van der Waals surface area contributed by atoms with Crippen LogP contribution in [0.5, 0.6) is 0 Å². The lowest BCUT2D eigenvalue weighted by molar-refractivity contribution is 0.0660. The summed E-state index contributed by atoms with van der Waals surface area (Å²) in [6.45, 7) is 1.99. The zero-order valence-corrected chi connectivity index (χ0v) is 19.7. The van der Waals surface area contributed by atoms with Crippen molar-refractivity contribution in [3.8, 4) is 0 Å². The molecule has 2 aliphatic rings. The molecule has 2 aromatic carbocycles. The molecule has 3 aromatic rings. The minimum Gasteiger partial charge on any atom is -0.339 e. The van der Waals surface area contributed by atoms with E-state index in [4.69, 9.17) is 16.6 Å². The first-order chi connectivity index (χ1) is 15.9. The van der Waals surface area contributed by atoms with Crippen molar-refractivity contribution in [2.24, 2.45) is 0 Å². The summed E-state index contributed by atoms with van der Waals surface area (Å²) < 4.78 is 14.5. The number of para-hydroxylation sites is 1. The highest BCUT2D eigenvalue weighted by atomic mass is 35.5.